The van der Waals surface area contributed by atoms with Crippen molar-refractivity contribution in [2.24, 2.45) is 5.92 Å². The summed E-state index contributed by atoms with van der Waals surface area (Å²) in [5.74, 6) is 2.29. The van der Waals surface area contributed by atoms with Crippen LogP contribution in [0.5, 0.6) is 34.5 Å². The first kappa shape index (κ1) is 97.2. The Morgan fingerprint density at radius 1 is 0.685 bits per heavy atom. The summed E-state index contributed by atoms with van der Waals surface area (Å²) in [6.45, 7) is 21.7. The van der Waals surface area contributed by atoms with E-state index in [-0.39, 0.29) is 70.5 Å². The monoisotopic (exact) mass is 1740 g/mol. The molecule has 0 saturated carbocycles. The molecule has 2 atom stereocenters. The predicted molar refractivity (Wildman–Crippen MR) is 474 cm³/mol. The number of amides is 6. The zero-order chi connectivity index (χ0) is 89.8. The molecular weight excluding hydrogens is 1630 g/mol. The average molecular weight is 1740 g/mol. The summed E-state index contributed by atoms with van der Waals surface area (Å²) in [5.41, 5.74) is 6.39. The van der Waals surface area contributed by atoms with Gasteiger partial charge in [0.1, 0.15) is 23.9 Å². The molecule has 7 aromatic carbocycles. The Morgan fingerprint density at radius 2 is 1.35 bits per heavy atom. The van der Waals surface area contributed by atoms with Crippen LogP contribution in [0.15, 0.2) is 179 Å². The number of ether oxygens (including phenoxy) is 8. The number of methoxy groups -OCH3 is 5. The number of allylic oxidation sites excluding steroid dienone is 1. The number of H-pyrrole nitrogens is 1. The van der Waals surface area contributed by atoms with Crippen LogP contribution in [-0.2, 0) is 46.0 Å². The third kappa shape index (κ3) is 30.1. The lowest BCUT2D eigenvalue weighted by Gasteiger charge is -2.21. The minimum atomic E-state index is -3.55. The molecule has 2 aromatic heterocycles. The Balaban J connectivity index is 0.000000195. The molecule has 664 valence electrons. The third-order valence-electron chi connectivity index (χ3n) is 19.4. The van der Waals surface area contributed by atoms with E-state index in [9.17, 15) is 42.0 Å². The summed E-state index contributed by atoms with van der Waals surface area (Å²) < 4.78 is 70.8. The lowest BCUT2D eigenvalue weighted by molar-refractivity contribution is -0.122. The summed E-state index contributed by atoms with van der Waals surface area (Å²) in [4.78, 5) is 87.5. The molecule has 2 saturated heterocycles. The number of hydrogen-bond donors (Lipinski definition) is 6. The Bertz CT molecular complexity index is 5030. The molecule has 0 bridgehead atoms. The second-order valence-corrected chi connectivity index (χ2v) is 33.6. The second kappa shape index (κ2) is 48.5. The van der Waals surface area contributed by atoms with Gasteiger partial charge >= 0.3 is 5.97 Å². The van der Waals surface area contributed by atoms with Gasteiger partial charge in [-0.2, -0.15) is 9.52 Å². The summed E-state index contributed by atoms with van der Waals surface area (Å²) in [7, 11) is 3.83. The molecule has 0 radical (unpaired) electrons. The van der Waals surface area contributed by atoms with Crippen molar-refractivity contribution in [3.8, 4) is 45.9 Å². The van der Waals surface area contributed by atoms with Gasteiger partial charge < -0.3 is 69.4 Å². The van der Waals surface area contributed by atoms with E-state index >= 15 is 0 Å². The fourth-order valence-electron chi connectivity index (χ4n) is 12.8. The molecule has 0 spiro atoms. The molecule has 2 unspecified atom stereocenters. The lowest BCUT2D eigenvalue weighted by Crippen LogP contribution is -2.41. The normalized spacial score (nSPS) is 14.1. The number of rotatable bonds is 32. The number of esters is 1. The number of carbonyl (C=O) groups excluding carboxylic acids is 7. The van der Waals surface area contributed by atoms with E-state index in [0.29, 0.717) is 105 Å². The van der Waals surface area contributed by atoms with Crippen molar-refractivity contribution in [2.75, 3.05) is 103 Å². The number of tetrazole rings is 2. The van der Waals surface area contributed by atoms with Gasteiger partial charge in [0.15, 0.2) is 11.5 Å². The van der Waals surface area contributed by atoms with Crippen LogP contribution >= 0.6 is 11.8 Å². The van der Waals surface area contributed by atoms with Crippen LogP contribution in [0.1, 0.15) is 174 Å². The van der Waals surface area contributed by atoms with Crippen molar-refractivity contribution in [2.45, 2.75) is 160 Å². The van der Waals surface area contributed by atoms with Crippen LogP contribution in [0, 0.1) is 5.92 Å². The molecule has 34 heteroatoms. The summed E-state index contributed by atoms with van der Waals surface area (Å²) in [6.07, 6.45) is 12.6. The van der Waals surface area contributed by atoms with Gasteiger partial charge in [0, 0.05) is 79.4 Å². The number of aromatic amines is 1. The van der Waals surface area contributed by atoms with Gasteiger partial charge in [-0.25, -0.2) is 17.9 Å². The van der Waals surface area contributed by atoms with Crippen molar-refractivity contribution in [3.05, 3.63) is 197 Å². The summed E-state index contributed by atoms with van der Waals surface area (Å²) in [6, 6.07) is 45.0. The van der Waals surface area contributed by atoms with Crippen LogP contribution in [0.3, 0.4) is 0 Å². The number of unbranched alkanes of at least 4 members (excludes halogenated alkanes) is 1. The number of anilines is 3. The quantitative estimate of drug-likeness (QED) is 0.00987. The molecule has 4 heterocycles. The molecule has 2 fully saturated rings. The molecule has 124 heavy (non-hydrogen) atoms. The van der Waals surface area contributed by atoms with Crippen LogP contribution in [-0.4, -0.2) is 194 Å². The molecule has 3 aliphatic rings. The zero-order valence-electron chi connectivity index (χ0n) is 73.0. The van der Waals surface area contributed by atoms with Crippen LogP contribution in [0.2, 0.25) is 0 Å². The van der Waals surface area contributed by atoms with E-state index in [1.54, 1.807) is 115 Å². The standard InChI is InChI=1S/C22H27N3O5S.C22H26N2O6.C19H27NO2.C16H14N4O3.C11H21N5OS/c1-4-24(5-2)31(28,29)20-12-6-17(7-13-20)23-22(27)16-14-21(26)25(15-16)18-8-10-19(30-3)11-9-18;1-27-18-11-14(12-19(28-2)20(18)29-3)21(25)24-17-9-5-4-8-16(17)22(26)23-13-15-7-6-10-30-15;1-2-3-15-22-18-11-9-17(10-12-18)19(21)20-14-13-16-7-5-4-6-8-16;1-22-16(21)13-4-2-11(3-5-13)10-23-14-8-6-12(7-9-14)15-17-19-20-18-15;1-10(2,3)12-8(17)7-18-9-13-14-15-16(9)11(4,5)6/h6-13,16H,4-5,14-15H2,1-3H3,(H,23,27);4-5,8-9,11-12,15H,6-7,10,13H2,1-3H3,(H,23,26)(H,24,25);7,9-12H,2-6,8,13-15H2,1H3,(H,20,21);2-9H,10H2,1H3,(H,17,18,19,20);7H2,1-6H3,(H,12,17). The fraction of sp³-hybridized carbons (Fsp3) is 0.411. The van der Waals surface area contributed by atoms with Gasteiger partial charge in [0.25, 0.3) is 17.7 Å². The highest BCUT2D eigenvalue weighted by molar-refractivity contribution is 7.99. The van der Waals surface area contributed by atoms with Crippen molar-refractivity contribution in [1.29, 1.82) is 0 Å². The average Bonchev–Trinajstić information content (AvgIpc) is 0.942. The summed E-state index contributed by atoms with van der Waals surface area (Å²) >= 11 is 1.34. The maximum absolute atomic E-state index is 12.9. The largest absolute Gasteiger partial charge is 0.497 e. The first-order valence-electron chi connectivity index (χ1n) is 41.0. The highest BCUT2D eigenvalue weighted by Gasteiger charge is 2.36. The summed E-state index contributed by atoms with van der Waals surface area (Å²) in [5, 5.41) is 40.3. The van der Waals surface area contributed by atoms with Gasteiger partial charge in [0.2, 0.25) is 44.5 Å². The number of carbonyl (C=O) groups is 7. The van der Waals surface area contributed by atoms with E-state index in [4.69, 9.17) is 33.2 Å². The van der Waals surface area contributed by atoms with Crippen molar-refractivity contribution >= 4 is 80.3 Å². The zero-order valence-corrected chi connectivity index (χ0v) is 74.6. The maximum Gasteiger partial charge on any atom is 0.337 e. The highest BCUT2D eigenvalue weighted by Crippen LogP contribution is 2.39. The first-order chi connectivity index (χ1) is 59.5. The van der Waals surface area contributed by atoms with Gasteiger partial charge in [0.05, 0.1) is 87.2 Å². The van der Waals surface area contributed by atoms with E-state index in [1.165, 1.54) is 87.9 Å². The Kier molecular flexibility index (Phi) is 38.0. The van der Waals surface area contributed by atoms with E-state index < -0.39 is 21.8 Å². The van der Waals surface area contributed by atoms with E-state index in [2.05, 4.69) is 80.5 Å². The molecule has 1 aliphatic carbocycles. The number of sulfonamides is 1. The van der Waals surface area contributed by atoms with Crippen LogP contribution < -0.4 is 59.9 Å². The van der Waals surface area contributed by atoms with E-state index in [1.807, 2.05) is 102 Å². The number of para-hydroxylation sites is 1. The topological polar surface area (TPSA) is 392 Å². The van der Waals surface area contributed by atoms with Crippen LogP contribution in [0.25, 0.3) is 11.4 Å². The van der Waals surface area contributed by atoms with Crippen molar-refractivity contribution < 1.29 is 79.9 Å². The number of aromatic nitrogens is 8. The van der Waals surface area contributed by atoms with Crippen molar-refractivity contribution in [1.82, 2.24) is 61.1 Å². The molecule has 6 N–H and O–H groups in total. The lowest BCUT2D eigenvalue weighted by atomic mass is 9.97. The van der Waals surface area contributed by atoms with Crippen LogP contribution in [0.4, 0.5) is 17.1 Å². The Morgan fingerprint density at radius 3 is 1.94 bits per heavy atom. The molecule has 32 nitrogen and oxygen atoms in total. The Labute approximate surface area is 729 Å². The van der Waals surface area contributed by atoms with Gasteiger partial charge in [-0.05, 0) is 248 Å². The molecule has 9 aromatic rings. The van der Waals surface area contributed by atoms with E-state index in [0.717, 1.165) is 74.5 Å². The smallest absolute Gasteiger partial charge is 0.337 e. The van der Waals surface area contributed by atoms with Gasteiger partial charge in [-0.15, -0.1) is 15.3 Å². The number of benzene rings is 7. The van der Waals surface area contributed by atoms with Crippen molar-refractivity contribution in [3.63, 3.8) is 0 Å². The minimum Gasteiger partial charge on any atom is -0.497 e. The SMILES string of the molecule is CC(C)(C)NC(=O)CSc1nnnn1C(C)(C)C.CCCCOc1ccc(C(=O)NCCC2=CCCCC2)cc1.CCN(CC)S(=O)(=O)c1ccc(NC(=O)C2CC(=O)N(c3ccc(OC)cc3)C2)cc1.COC(=O)c1ccc(COc2ccc(-c3nn[nH]n3)cc2)cc1.COc1cc(C(=O)Nc2ccccc2C(=O)NCC2CCCO2)cc(OC)c1OC. The second-order valence-electron chi connectivity index (χ2n) is 30.7. The van der Waals surface area contributed by atoms with Gasteiger partial charge in [-0.3, -0.25) is 28.8 Å². The molecule has 2 aliphatic heterocycles. The fourth-order valence-corrected chi connectivity index (χ4v) is 15.1. The Hall–Kier alpha value is -12.3. The first-order valence-corrected chi connectivity index (χ1v) is 43.5. The maximum atomic E-state index is 12.9. The number of nitrogens with zero attached hydrogens (tertiary/aromatic N) is 9. The predicted octanol–water partition coefficient (Wildman–Crippen LogP) is 13.7. The minimum absolute atomic E-state index is 0.00322. The highest BCUT2D eigenvalue weighted by atomic mass is 32.2. The number of nitrogens with one attached hydrogen (secondary N) is 6. The molecular formula is C90H115N15O17S2. The third-order valence-corrected chi connectivity index (χ3v) is 22.4. The number of thioether (sulfide) groups is 1. The molecule has 12 rings (SSSR count). The number of hydrogen-bond acceptors (Lipinski definition) is 24. The molecule has 6 amide bonds. The van der Waals surface area contributed by atoms with Gasteiger partial charge in [-0.1, -0.05) is 74.9 Å².